The maximum Gasteiger partial charge on any atom is 0.283 e. The number of nitrogens with one attached hydrogen (secondary N) is 1. The van der Waals surface area contributed by atoms with Crippen LogP contribution in [0.5, 0.6) is 0 Å². The third-order valence-corrected chi connectivity index (χ3v) is 5.90. The summed E-state index contributed by atoms with van der Waals surface area (Å²) in [6.07, 6.45) is 1.71. The molecular formula is C19H27N5O2S. The zero-order valence-corrected chi connectivity index (χ0v) is 17.4. The summed E-state index contributed by atoms with van der Waals surface area (Å²) in [5.41, 5.74) is 6.70. The molecule has 3 rings (SSSR count). The van der Waals surface area contributed by atoms with Crippen LogP contribution in [0.3, 0.4) is 0 Å². The molecule has 0 aliphatic carbocycles. The first-order chi connectivity index (χ1) is 12.9. The molecule has 3 heterocycles. The van der Waals surface area contributed by atoms with Crippen LogP contribution in [0.2, 0.25) is 0 Å². The first-order valence-electron chi connectivity index (χ1n) is 9.20. The fourth-order valence-corrected chi connectivity index (χ4v) is 4.43. The van der Waals surface area contributed by atoms with Gasteiger partial charge >= 0.3 is 0 Å². The van der Waals surface area contributed by atoms with Crippen molar-refractivity contribution in [2.24, 2.45) is 5.10 Å². The summed E-state index contributed by atoms with van der Waals surface area (Å²) in [5, 5.41) is 5.03. The maximum atomic E-state index is 12.5. The van der Waals surface area contributed by atoms with E-state index in [9.17, 15) is 4.79 Å². The molecule has 0 unspecified atom stereocenters. The second-order valence-corrected chi connectivity index (χ2v) is 7.98. The number of morpholine rings is 1. The van der Waals surface area contributed by atoms with Gasteiger partial charge in [0.2, 0.25) is 0 Å². The van der Waals surface area contributed by atoms with Crippen LogP contribution in [-0.2, 0) is 4.74 Å². The lowest BCUT2D eigenvalue weighted by molar-refractivity contribution is 0.0958. The highest BCUT2D eigenvalue weighted by molar-refractivity contribution is 7.17. The molecule has 1 saturated heterocycles. The number of hydrogen-bond acceptors (Lipinski definition) is 6. The molecule has 0 bridgehead atoms. The predicted molar refractivity (Wildman–Crippen MR) is 109 cm³/mol. The molecule has 0 saturated carbocycles. The average Bonchev–Trinajstić information content (AvgIpc) is 3.15. The van der Waals surface area contributed by atoms with Gasteiger partial charge in [-0.15, -0.1) is 0 Å². The fraction of sp³-hybridized carbons (Fsp3) is 0.526. The van der Waals surface area contributed by atoms with Crippen molar-refractivity contribution in [3.63, 3.8) is 0 Å². The molecule has 27 heavy (non-hydrogen) atoms. The number of anilines is 1. The molecule has 0 radical (unpaired) electrons. The SMILES string of the molecule is Cc1nc(N2CCOCC2)sc1C(=O)N/N=C\c1cc(C)n(C(C)C)c1C. The summed E-state index contributed by atoms with van der Waals surface area (Å²) in [6, 6.07) is 2.47. The minimum absolute atomic E-state index is 0.224. The van der Waals surface area contributed by atoms with Crippen molar-refractivity contribution in [2.45, 2.75) is 40.7 Å². The van der Waals surface area contributed by atoms with Crippen LogP contribution in [0.4, 0.5) is 5.13 Å². The van der Waals surface area contributed by atoms with Gasteiger partial charge in [-0.05, 0) is 40.7 Å². The van der Waals surface area contributed by atoms with E-state index in [1.165, 1.54) is 17.0 Å². The highest BCUT2D eigenvalue weighted by Crippen LogP contribution is 2.26. The number of nitrogens with zero attached hydrogens (tertiary/aromatic N) is 4. The first-order valence-corrected chi connectivity index (χ1v) is 10.0. The average molecular weight is 390 g/mol. The predicted octanol–water partition coefficient (Wildman–Crippen LogP) is 3.05. The molecule has 1 amide bonds. The van der Waals surface area contributed by atoms with Crippen molar-refractivity contribution in [3.05, 3.63) is 33.6 Å². The smallest absolute Gasteiger partial charge is 0.283 e. The Kier molecular flexibility index (Phi) is 5.96. The number of ether oxygens (including phenoxy) is 1. The Hall–Kier alpha value is -2.19. The molecule has 2 aromatic rings. The van der Waals surface area contributed by atoms with Crippen molar-refractivity contribution < 1.29 is 9.53 Å². The molecule has 2 aromatic heterocycles. The van der Waals surface area contributed by atoms with E-state index in [-0.39, 0.29) is 5.91 Å². The fourth-order valence-electron chi connectivity index (χ4n) is 3.42. The Morgan fingerprint density at radius 2 is 2.04 bits per heavy atom. The summed E-state index contributed by atoms with van der Waals surface area (Å²) in [7, 11) is 0. The van der Waals surface area contributed by atoms with Gasteiger partial charge < -0.3 is 14.2 Å². The molecule has 1 aliphatic rings. The Balaban J connectivity index is 1.68. The second-order valence-electron chi connectivity index (χ2n) is 7.00. The summed E-state index contributed by atoms with van der Waals surface area (Å²) < 4.78 is 7.63. The number of rotatable bonds is 5. The van der Waals surface area contributed by atoms with Gasteiger partial charge in [0.1, 0.15) is 4.88 Å². The van der Waals surface area contributed by atoms with Crippen LogP contribution >= 0.6 is 11.3 Å². The maximum absolute atomic E-state index is 12.5. The molecule has 1 N–H and O–H groups in total. The minimum Gasteiger partial charge on any atom is -0.378 e. The number of amides is 1. The highest BCUT2D eigenvalue weighted by atomic mass is 32.1. The lowest BCUT2D eigenvalue weighted by Gasteiger charge is -2.25. The molecule has 146 valence electrons. The van der Waals surface area contributed by atoms with Crippen LogP contribution in [0.25, 0.3) is 0 Å². The van der Waals surface area contributed by atoms with E-state index in [4.69, 9.17) is 4.74 Å². The first kappa shape index (κ1) is 19.6. The van der Waals surface area contributed by atoms with Crippen molar-refractivity contribution in [2.75, 3.05) is 31.2 Å². The zero-order valence-electron chi connectivity index (χ0n) is 16.6. The van der Waals surface area contributed by atoms with Gasteiger partial charge in [0.15, 0.2) is 5.13 Å². The number of thiazole rings is 1. The normalized spacial score (nSPS) is 15.1. The van der Waals surface area contributed by atoms with E-state index in [0.29, 0.717) is 24.1 Å². The quantitative estimate of drug-likeness (QED) is 0.630. The lowest BCUT2D eigenvalue weighted by Crippen LogP contribution is -2.36. The summed E-state index contributed by atoms with van der Waals surface area (Å²) in [6.45, 7) is 13.3. The van der Waals surface area contributed by atoms with E-state index < -0.39 is 0 Å². The largest absolute Gasteiger partial charge is 0.378 e. The monoisotopic (exact) mass is 389 g/mol. The third-order valence-electron chi connectivity index (χ3n) is 4.68. The van der Waals surface area contributed by atoms with Crippen molar-refractivity contribution in [3.8, 4) is 0 Å². The van der Waals surface area contributed by atoms with E-state index in [1.807, 2.05) is 6.92 Å². The number of aryl methyl sites for hydroxylation is 2. The number of hydrazone groups is 1. The number of carbonyl (C=O) groups is 1. The van der Waals surface area contributed by atoms with Crippen LogP contribution in [-0.4, -0.2) is 48.0 Å². The second kappa shape index (κ2) is 8.22. The molecule has 0 spiro atoms. The van der Waals surface area contributed by atoms with E-state index in [0.717, 1.165) is 35.2 Å². The molecule has 0 atom stereocenters. The standard InChI is InChI=1S/C19H27N5O2S/c1-12(2)24-13(3)10-16(15(24)5)11-20-22-18(25)17-14(4)21-19(27-17)23-6-8-26-9-7-23/h10-12H,6-9H2,1-5H3,(H,22,25)/b20-11-. The Bertz CT molecular complexity index is 847. The van der Waals surface area contributed by atoms with E-state index in [2.05, 4.69) is 58.7 Å². The number of carbonyl (C=O) groups excluding carboxylic acids is 1. The summed E-state index contributed by atoms with van der Waals surface area (Å²) >= 11 is 1.40. The highest BCUT2D eigenvalue weighted by Gasteiger charge is 2.20. The van der Waals surface area contributed by atoms with E-state index >= 15 is 0 Å². The Morgan fingerprint density at radius 1 is 1.33 bits per heavy atom. The van der Waals surface area contributed by atoms with Crippen LogP contribution in [0.15, 0.2) is 11.2 Å². The van der Waals surface area contributed by atoms with Gasteiger partial charge in [0.05, 0.1) is 25.1 Å². The molecule has 0 aromatic carbocycles. The van der Waals surface area contributed by atoms with Crippen LogP contribution < -0.4 is 10.3 Å². The lowest BCUT2D eigenvalue weighted by atomic mass is 10.2. The molecule has 8 heteroatoms. The van der Waals surface area contributed by atoms with Crippen LogP contribution in [0, 0.1) is 20.8 Å². The Morgan fingerprint density at radius 3 is 2.67 bits per heavy atom. The summed E-state index contributed by atoms with van der Waals surface area (Å²) in [4.78, 5) is 19.8. The van der Waals surface area contributed by atoms with Gasteiger partial charge in [-0.1, -0.05) is 11.3 Å². The molecule has 1 fully saturated rings. The van der Waals surface area contributed by atoms with Gasteiger partial charge in [-0.2, -0.15) is 5.10 Å². The van der Waals surface area contributed by atoms with Crippen molar-refractivity contribution in [1.29, 1.82) is 0 Å². The van der Waals surface area contributed by atoms with Gasteiger partial charge in [-0.25, -0.2) is 10.4 Å². The summed E-state index contributed by atoms with van der Waals surface area (Å²) in [5.74, 6) is -0.224. The van der Waals surface area contributed by atoms with Crippen molar-refractivity contribution >= 4 is 28.6 Å². The van der Waals surface area contributed by atoms with Gasteiger partial charge in [0.25, 0.3) is 5.91 Å². The number of aromatic nitrogens is 2. The van der Waals surface area contributed by atoms with Crippen LogP contribution in [0.1, 0.15) is 52.2 Å². The van der Waals surface area contributed by atoms with Gasteiger partial charge in [-0.3, -0.25) is 4.79 Å². The topological polar surface area (TPSA) is 71.8 Å². The number of hydrogen-bond donors (Lipinski definition) is 1. The van der Waals surface area contributed by atoms with E-state index in [1.54, 1.807) is 6.21 Å². The zero-order chi connectivity index (χ0) is 19.6. The molecule has 7 nitrogen and oxygen atoms in total. The third kappa shape index (κ3) is 4.22. The Labute approximate surface area is 164 Å². The molecule has 1 aliphatic heterocycles. The van der Waals surface area contributed by atoms with Crippen molar-refractivity contribution in [1.82, 2.24) is 15.0 Å². The minimum atomic E-state index is -0.224. The molecular weight excluding hydrogens is 362 g/mol. The van der Waals surface area contributed by atoms with Gasteiger partial charge in [0, 0.05) is 36.1 Å².